The minimum Gasteiger partial charge on any atom is -0.372 e. The van der Waals surface area contributed by atoms with Crippen molar-refractivity contribution in [1.82, 2.24) is 10.3 Å². The number of nitrogens with zero attached hydrogens (tertiary/aromatic N) is 1. The van der Waals surface area contributed by atoms with Crippen LogP contribution in [0.4, 0.5) is 5.82 Å². The molecule has 0 spiro atoms. The molecule has 5 heteroatoms. The lowest BCUT2D eigenvalue weighted by Crippen LogP contribution is -2.29. The quantitative estimate of drug-likeness (QED) is 0.879. The third-order valence-corrected chi connectivity index (χ3v) is 3.78. The van der Waals surface area contributed by atoms with E-state index in [0.29, 0.717) is 17.3 Å². The zero-order valence-corrected chi connectivity index (χ0v) is 12.3. The van der Waals surface area contributed by atoms with Gasteiger partial charge in [-0.15, -0.1) is 0 Å². The summed E-state index contributed by atoms with van der Waals surface area (Å²) in [5, 5.41) is 5.92. The third kappa shape index (κ3) is 3.22. The predicted molar refractivity (Wildman–Crippen MR) is 75.7 cm³/mol. The fourth-order valence-electron chi connectivity index (χ4n) is 1.99. The standard InChI is InChI=1S/C13H18BrN3O/c1-8(9-3-4-9)6-17-13(18)11-5-10(14)7-16-12(11)15-2/h5,7-9H,3-4,6H2,1-2H3,(H,15,16)(H,17,18). The number of amides is 1. The van der Waals surface area contributed by atoms with Crippen molar-refractivity contribution in [2.45, 2.75) is 19.8 Å². The Hall–Kier alpha value is -1.10. The van der Waals surface area contributed by atoms with Crippen molar-refractivity contribution in [2.75, 3.05) is 18.9 Å². The predicted octanol–water partition coefficient (Wildman–Crippen LogP) is 2.66. The van der Waals surface area contributed by atoms with Crippen molar-refractivity contribution in [3.8, 4) is 0 Å². The summed E-state index contributed by atoms with van der Waals surface area (Å²) < 4.78 is 0.807. The second-order valence-electron chi connectivity index (χ2n) is 4.82. The first-order valence-corrected chi connectivity index (χ1v) is 7.02. The molecule has 98 valence electrons. The summed E-state index contributed by atoms with van der Waals surface area (Å²) in [4.78, 5) is 16.3. The molecule has 1 aromatic heterocycles. The van der Waals surface area contributed by atoms with E-state index in [-0.39, 0.29) is 5.91 Å². The zero-order chi connectivity index (χ0) is 13.1. The molecule has 0 aliphatic heterocycles. The van der Waals surface area contributed by atoms with Crippen LogP contribution in [0, 0.1) is 11.8 Å². The molecule has 1 fully saturated rings. The maximum Gasteiger partial charge on any atom is 0.255 e. The number of hydrogen-bond acceptors (Lipinski definition) is 3. The van der Waals surface area contributed by atoms with Crippen LogP contribution in [0.3, 0.4) is 0 Å². The fraction of sp³-hybridized carbons (Fsp3) is 0.538. The van der Waals surface area contributed by atoms with E-state index < -0.39 is 0 Å². The number of aromatic nitrogens is 1. The third-order valence-electron chi connectivity index (χ3n) is 3.35. The van der Waals surface area contributed by atoms with Gasteiger partial charge in [-0.3, -0.25) is 4.79 Å². The summed E-state index contributed by atoms with van der Waals surface area (Å²) in [6.45, 7) is 2.93. The van der Waals surface area contributed by atoms with E-state index in [0.717, 1.165) is 16.9 Å². The van der Waals surface area contributed by atoms with Gasteiger partial charge >= 0.3 is 0 Å². The molecule has 0 saturated heterocycles. The van der Waals surface area contributed by atoms with Crippen molar-refractivity contribution in [3.05, 3.63) is 22.3 Å². The van der Waals surface area contributed by atoms with E-state index in [4.69, 9.17) is 0 Å². The molecule has 1 atom stereocenters. The van der Waals surface area contributed by atoms with Gasteiger partial charge in [-0.2, -0.15) is 0 Å². The number of carbonyl (C=O) groups is 1. The molecule has 4 nitrogen and oxygen atoms in total. The number of pyridine rings is 1. The summed E-state index contributed by atoms with van der Waals surface area (Å²) in [7, 11) is 1.76. The van der Waals surface area contributed by atoms with Crippen LogP contribution >= 0.6 is 15.9 Å². The Morgan fingerprint density at radius 2 is 2.33 bits per heavy atom. The summed E-state index contributed by atoms with van der Waals surface area (Å²) in [6, 6.07) is 1.79. The second-order valence-corrected chi connectivity index (χ2v) is 5.74. The maximum absolute atomic E-state index is 12.1. The van der Waals surface area contributed by atoms with Crippen LogP contribution in [-0.4, -0.2) is 24.5 Å². The van der Waals surface area contributed by atoms with Gasteiger partial charge in [0, 0.05) is 24.3 Å². The number of anilines is 1. The van der Waals surface area contributed by atoms with Gasteiger partial charge in [0.05, 0.1) is 5.56 Å². The lowest BCUT2D eigenvalue weighted by Gasteiger charge is -2.13. The van der Waals surface area contributed by atoms with Gasteiger partial charge in [0.25, 0.3) is 5.91 Å². The smallest absolute Gasteiger partial charge is 0.255 e. The highest BCUT2D eigenvalue weighted by atomic mass is 79.9. The highest BCUT2D eigenvalue weighted by molar-refractivity contribution is 9.10. The molecule has 1 aromatic rings. The molecular weight excluding hydrogens is 294 g/mol. The minimum atomic E-state index is -0.0688. The van der Waals surface area contributed by atoms with Gasteiger partial charge in [0.1, 0.15) is 5.82 Å². The Labute approximate surface area is 116 Å². The maximum atomic E-state index is 12.1. The molecule has 1 aliphatic rings. The van der Waals surface area contributed by atoms with E-state index in [2.05, 4.69) is 38.5 Å². The van der Waals surface area contributed by atoms with Crippen LogP contribution in [0.15, 0.2) is 16.7 Å². The van der Waals surface area contributed by atoms with Crippen LogP contribution in [0.5, 0.6) is 0 Å². The summed E-state index contributed by atoms with van der Waals surface area (Å²) in [5.41, 5.74) is 0.579. The molecule has 1 heterocycles. The van der Waals surface area contributed by atoms with Gasteiger partial charge in [-0.05, 0) is 46.7 Å². The SMILES string of the molecule is CNc1ncc(Br)cc1C(=O)NCC(C)C1CC1. The molecule has 0 bridgehead atoms. The molecule has 1 saturated carbocycles. The lowest BCUT2D eigenvalue weighted by molar-refractivity contribution is 0.0947. The fourth-order valence-corrected chi connectivity index (χ4v) is 2.32. The first kappa shape index (κ1) is 13.3. The number of rotatable bonds is 5. The molecule has 1 amide bonds. The van der Waals surface area contributed by atoms with Gasteiger partial charge < -0.3 is 10.6 Å². The van der Waals surface area contributed by atoms with E-state index in [1.165, 1.54) is 12.8 Å². The van der Waals surface area contributed by atoms with E-state index >= 15 is 0 Å². The number of halogens is 1. The van der Waals surface area contributed by atoms with Crippen molar-refractivity contribution in [3.63, 3.8) is 0 Å². The normalized spacial score (nSPS) is 16.2. The molecule has 1 aliphatic carbocycles. The van der Waals surface area contributed by atoms with Crippen LogP contribution in [0.25, 0.3) is 0 Å². The molecular formula is C13H18BrN3O. The zero-order valence-electron chi connectivity index (χ0n) is 10.7. The summed E-state index contributed by atoms with van der Waals surface area (Å²) in [6.07, 6.45) is 4.28. The molecule has 2 N–H and O–H groups in total. The topological polar surface area (TPSA) is 54.0 Å². The Bertz CT molecular complexity index is 446. The summed E-state index contributed by atoms with van der Waals surface area (Å²) in [5.74, 6) is 1.90. The average Bonchev–Trinajstić information content (AvgIpc) is 3.19. The van der Waals surface area contributed by atoms with Crippen molar-refractivity contribution in [1.29, 1.82) is 0 Å². The molecule has 2 rings (SSSR count). The summed E-state index contributed by atoms with van der Waals surface area (Å²) >= 11 is 3.34. The minimum absolute atomic E-state index is 0.0688. The van der Waals surface area contributed by atoms with Crippen LogP contribution in [0.1, 0.15) is 30.1 Å². The first-order valence-electron chi connectivity index (χ1n) is 6.23. The highest BCUT2D eigenvalue weighted by Crippen LogP contribution is 2.36. The Morgan fingerprint density at radius 3 is 2.94 bits per heavy atom. The molecule has 0 aromatic carbocycles. The Balaban J connectivity index is 2.00. The Kier molecular flexibility index (Phi) is 4.22. The number of hydrogen-bond donors (Lipinski definition) is 2. The van der Waals surface area contributed by atoms with Crippen molar-refractivity contribution < 1.29 is 4.79 Å². The second kappa shape index (κ2) is 5.69. The van der Waals surface area contributed by atoms with Crippen LogP contribution < -0.4 is 10.6 Å². The number of carbonyl (C=O) groups excluding carboxylic acids is 1. The molecule has 18 heavy (non-hydrogen) atoms. The van der Waals surface area contributed by atoms with Crippen LogP contribution in [-0.2, 0) is 0 Å². The van der Waals surface area contributed by atoms with Crippen LogP contribution in [0.2, 0.25) is 0 Å². The monoisotopic (exact) mass is 311 g/mol. The average molecular weight is 312 g/mol. The van der Waals surface area contributed by atoms with Gasteiger partial charge in [-0.1, -0.05) is 6.92 Å². The van der Waals surface area contributed by atoms with Crippen molar-refractivity contribution in [2.24, 2.45) is 11.8 Å². The lowest BCUT2D eigenvalue weighted by atomic mass is 10.1. The largest absolute Gasteiger partial charge is 0.372 e. The first-order chi connectivity index (χ1) is 8.61. The molecule has 0 radical (unpaired) electrons. The van der Waals surface area contributed by atoms with Gasteiger partial charge in [-0.25, -0.2) is 4.98 Å². The molecule has 1 unspecified atom stereocenters. The van der Waals surface area contributed by atoms with Gasteiger partial charge in [0.15, 0.2) is 0 Å². The highest BCUT2D eigenvalue weighted by Gasteiger charge is 2.28. The van der Waals surface area contributed by atoms with E-state index in [1.807, 2.05) is 0 Å². The van der Waals surface area contributed by atoms with Crippen molar-refractivity contribution >= 4 is 27.7 Å². The van der Waals surface area contributed by atoms with E-state index in [1.54, 1.807) is 19.3 Å². The Morgan fingerprint density at radius 1 is 1.61 bits per heavy atom. The van der Waals surface area contributed by atoms with E-state index in [9.17, 15) is 4.79 Å². The van der Waals surface area contributed by atoms with Gasteiger partial charge in [0.2, 0.25) is 0 Å². The number of nitrogens with one attached hydrogen (secondary N) is 2.